The van der Waals surface area contributed by atoms with Crippen molar-refractivity contribution in [3.05, 3.63) is 84.9 Å². The first-order chi connectivity index (χ1) is 13.3. The quantitative estimate of drug-likeness (QED) is 0.287. The second-order valence-electron chi connectivity index (χ2n) is 7.06. The predicted octanol–water partition coefficient (Wildman–Crippen LogP) is 7.37. The van der Waals surface area contributed by atoms with Crippen LogP contribution in [-0.4, -0.2) is 4.57 Å². The minimum atomic E-state index is 1.28. The zero-order valence-electron chi connectivity index (χ0n) is 14.9. The molecule has 27 heavy (non-hydrogen) atoms. The lowest BCUT2D eigenvalue weighted by atomic mass is 10.0. The van der Waals surface area contributed by atoms with Crippen molar-refractivity contribution >= 4 is 53.3 Å². The molecule has 0 aliphatic heterocycles. The van der Waals surface area contributed by atoms with E-state index in [1.165, 1.54) is 53.1 Å². The Balaban J connectivity index is 1.83. The van der Waals surface area contributed by atoms with Gasteiger partial charge >= 0.3 is 0 Å². The molecule has 0 N–H and O–H groups in total. The van der Waals surface area contributed by atoms with Crippen LogP contribution in [0.4, 0.5) is 0 Å². The van der Waals surface area contributed by atoms with E-state index in [1.807, 2.05) is 11.3 Å². The Hall–Kier alpha value is -3.10. The molecular weight excluding hydrogens is 346 g/mol. The van der Waals surface area contributed by atoms with E-state index in [0.717, 1.165) is 0 Å². The molecule has 0 aliphatic carbocycles. The minimum Gasteiger partial charge on any atom is -0.343 e. The van der Waals surface area contributed by atoms with Gasteiger partial charge in [0.2, 0.25) is 0 Å². The normalized spacial score (nSPS) is 11.9. The molecule has 1 nitrogen and oxygen atoms in total. The Morgan fingerprint density at radius 1 is 0.667 bits per heavy atom. The van der Waals surface area contributed by atoms with E-state index in [9.17, 15) is 0 Å². The molecule has 6 rings (SSSR count). The average Bonchev–Trinajstić information content (AvgIpc) is 3.24. The van der Waals surface area contributed by atoms with Gasteiger partial charge in [0, 0.05) is 43.5 Å². The van der Waals surface area contributed by atoms with E-state index in [0.29, 0.717) is 0 Å². The van der Waals surface area contributed by atoms with Crippen molar-refractivity contribution in [2.75, 3.05) is 0 Å². The molecule has 0 spiro atoms. The molecule has 2 aromatic heterocycles. The van der Waals surface area contributed by atoms with Crippen LogP contribution in [0.5, 0.6) is 0 Å². The van der Waals surface area contributed by atoms with Crippen LogP contribution in [0.25, 0.3) is 53.1 Å². The van der Waals surface area contributed by atoms with Gasteiger partial charge in [0.05, 0.1) is 5.52 Å². The summed E-state index contributed by atoms with van der Waals surface area (Å²) < 4.78 is 5.08. The third-order valence-corrected chi connectivity index (χ3v) is 6.82. The van der Waals surface area contributed by atoms with Crippen LogP contribution in [-0.2, 0) is 7.05 Å². The molecule has 128 valence electrons. The number of para-hydroxylation sites is 1. The SMILES string of the molecule is Cn1c2ccccc2c2ccc3sc4c(-c5ccccc5)cccc4c3c21. The summed E-state index contributed by atoms with van der Waals surface area (Å²) in [5.74, 6) is 0. The number of hydrogen-bond acceptors (Lipinski definition) is 1. The number of benzene rings is 4. The van der Waals surface area contributed by atoms with Crippen molar-refractivity contribution < 1.29 is 0 Å². The van der Waals surface area contributed by atoms with Crippen LogP contribution < -0.4 is 0 Å². The number of aryl methyl sites for hydroxylation is 1. The first-order valence-corrected chi connectivity index (χ1v) is 10.0. The molecule has 4 aromatic carbocycles. The molecular formula is C25H17NS. The van der Waals surface area contributed by atoms with Crippen LogP contribution in [0.1, 0.15) is 0 Å². The van der Waals surface area contributed by atoms with Crippen molar-refractivity contribution in [3.8, 4) is 11.1 Å². The zero-order chi connectivity index (χ0) is 18.0. The van der Waals surface area contributed by atoms with Gasteiger partial charge in [-0.1, -0.05) is 72.8 Å². The van der Waals surface area contributed by atoms with Gasteiger partial charge in [0.15, 0.2) is 0 Å². The van der Waals surface area contributed by atoms with E-state index in [4.69, 9.17) is 0 Å². The molecule has 2 heterocycles. The highest BCUT2D eigenvalue weighted by atomic mass is 32.1. The summed E-state index contributed by atoms with van der Waals surface area (Å²) in [5.41, 5.74) is 5.23. The summed E-state index contributed by atoms with van der Waals surface area (Å²) >= 11 is 1.90. The highest BCUT2D eigenvalue weighted by Crippen LogP contribution is 2.44. The number of rotatable bonds is 1. The molecule has 0 bridgehead atoms. The first-order valence-electron chi connectivity index (χ1n) is 9.20. The number of nitrogens with zero attached hydrogens (tertiary/aromatic N) is 1. The Labute approximate surface area is 161 Å². The topological polar surface area (TPSA) is 4.93 Å². The molecule has 0 saturated carbocycles. The van der Waals surface area contributed by atoms with E-state index in [2.05, 4.69) is 96.5 Å². The fraction of sp³-hybridized carbons (Fsp3) is 0.0400. The second-order valence-corrected chi connectivity index (χ2v) is 8.11. The maximum atomic E-state index is 2.36. The summed E-state index contributed by atoms with van der Waals surface area (Å²) in [5, 5.41) is 5.40. The average molecular weight is 363 g/mol. The molecule has 2 heteroatoms. The Morgan fingerprint density at radius 3 is 2.33 bits per heavy atom. The maximum absolute atomic E-state index is 2.36. The van der Waals surface area contributed by atoms with Crippen LogP contribution >= 0.6 is 11.3 Å². The van der Waals surface area contributed by atoms with Crippen LogP contribution in [0.2, 0.25) is 0 Å². The van der Waals surface area contributed by atoms with Crippen molar-refractivity contribution in [3.63, 3.8) is 0 Å². The summed E-state index contributed by atoms with van der Waals surface area (Å²) in [6.45, 7) is 0. The smallest absolute Gasteiger partial charge is 0.0583 e. The highest BCUT2D eigenvalue weighted by Gasteiger charge is 2.16. The van der Waals surface area contributed by atoms with Gasteiger partial charge in [-0.3, -0.25) is 0 Å². The number of aromatic nitrogens is 1. The van der Waals surface area contributed by atoms with Gasteiger partial charge in [-0.15, -0.1) is 11.3 Å². The molecule has 0 amide bonds. The highest BCUT2D eigenvalue weighted by molar-refractivity contribution is 7.26. The molecule has 0 fully saturated rings. The third-order valence-electron chi connectivity index (χ3n) is 5.61. The van der Waals surface area contributed by atoms with Gasteiger partial charge in [-0.05, 0) is 23.3 Å². The third kappa shape index (κ3) is 1.99. The standard InChI is InChI=1S/C25H17NS/c1-26-21-13-6-5-10-18(21)19-14-15-22-23(24(19)26)20-12-7-11-17(25(20)27-22)16-8-3-2-4-9-16/h2-15H,1H3. The van der Waals surface area contributed by atoms with Crippen molar-refractivity contribution in [1.82, 2.24) is 4.57 Å². The lowest BCUT2D eigenvalue weighted by Gasteiger charge is -2.04. The lowest BCUT2D eigenvalue weighted by Crippen LogP contribution is -1.86. The van der Waals surface area contributed by atoms with E-state index in [1.54, 1.807) is 0 Å². The van der Waals surface area contributed by atoms with Gasteiger partial charge in [0.25, 0.3) is 0 Å². The summed E-state index contributed by atoms with van der Waals surface area (Å²) in [6.07, 6.45) is 0. The maximum Gasteiger partial charge on any atom is 0.0583 e. The van der Waals surface area contributed by atoms with E-state index in [-0.39, 0.29) is 0 Å². The monoisotopic (exact) mass is 363 g/mol. The summed E-state index contributed by atoms with van der Waals surface area (Å²) in [4.78, 5) is 0. The van der Waals surface area contributed by atoms with Crippen molar-refractivity contribution in [1.29, 1.82) is 0 Å². The zero-order valence-corrected chi connectivity index (χ0v) is 15.8. The van der Waals surface area contributed by atoms with E-state index < -0.39 is 0 Å². The number of thiophene rings is 1. The van der Waals surface area contributed by atoms with E-state index >= 15 is 0 Å². The Bertz CT molecular complexity index is 1470. The molecule has 0 unspecified atom stereocenters. The molecule has 0 atom stereocenters. The van der Waals surface area contributed by atoms with Gasteiger partial charge in [-0.2, -0.15) is 0 Å². The largest absolute Gasteiger partial charge is 0.343 e. The lowest BCUT2D eigenvalue weighted by molar-refractivity contribution is 1.02. The fourth-order valence-electron chi connectivity index (χ4n) is 4.40. The number of fused-ring (bicyclic) bond motifs is 7. The van der Waals surface area contributed by atoms with Crippen LogP contribution in [0, 0.1) is 0 Å². The molecule has 0 radical (unpaired) electrons. The molecule has 0 saturated heterocycles. The first kappa shape index (κ1) is 15.0. The molecule has 0 aliphatic rings. The second kappa shape index (κ2) is 5.45. The minimum absolute atomic E-state index is 1.28. The summed E-state index contributed by atoms with van der Waals surface area (Å²) in [6, 6.07) is 30.7. The van der Waals surface area contributed by atoms with Crippen molar-refractivity contribution in [2.45, 2.75) is 0 Å². The number of hydrogen-bond donors (Lipinski definition) is 0. The fourth-order valence-corrected chi connectivity index (χ4v) is 5.64. The Morgan fingerprint density at radius 2 is 1.44 bits per heavy atom. The van der Waals surface area contributed by atoms with Gasteiger partial charge in [0.1, 0.15) is 0 Å². The van der Waals surface area contributed by atoms with Crippen LogP contribution in [0.3, 0.4) is 0 Å². The van der Waals surface area contributed by atoms with Gasteiger partial charge < -0.3 is 4.57 Å². The summed E-state index contributed by atoms with van der Waals surface area (Å²) in [7, 11) is 2.19. The predicted molar refractivity (Wildman–Crippen MR) is 119 cm³/mol. The molecule has 6 aromatic rings. The Kier molecular flexibility index (Phi) is 3.03. The van der Waals surface area contributed by atoms with Crippen LogP contribution in [0.15, 0.2) is 84.9 Å². The van der Waals surface area contributed by atoms with Gasteiger partial charge in [-0.25, -0.2) is 0 Å². The van der Waals surface area contributed by atoms with Crippen molar-refractivity contribution in [2.24, 2.45) is 7.05 Å².